The number of fused-ring (bicyclic) bond motifs is 1. The van der Waals surface area contributed by atoms with Crippen LogP contribution in [0.15, 0.2) is 84.6 Å². The summed E-state index contributed by atoms with van der Waals surface area (Å²) in [6.45, 7) is 5.01. The van der Waals surface area contributed by atoms with Gasteiger partial charge in [-0.05, 0) is 17.2 Å². The standard InChI is InChI=1S/C25H24N2O5S/c1-3-19(31-15(2)28)18-14-33-24-20(26)23(29)27(24)21(18)25(30)32-22(16-10-6-4-7-11-16)17-12-8-5-9-13-17/h3-13,19-20,22,24H,1,14,26H2,2H3/t19?,20-,24+/m0/s1. The number of hydrogen-bond acceptors (Lipinski definition) is 7. The molecule has 0 aromatic heterocycles. The fraction of sp³-hybridized carbons (Fsp3) is 0.240. The lowest BCUT2D eigenvalue weighted by molar-refractivity contribution is -0.153. The van der Waals surface area contributed by atoms with E-state index in [2.05, 4.69) is 6.58 Å². The molecule has 2 aromatic carbocycles. The second kappa shape index (κ2) is 9.64. The molecule has 1 unspecified atom stereocenters. The number of esters is 2. The van der Waals surface area contributed by atoms with Gasteiger partial charge in [0.25, 0.3) is 0 Å². The third-order valence-corrected chi connectivity index (χ3v) is 6.84. The summed E-state index contributed by atoms with van der Waals surface area (Å²) in [6.07, 6.45) is -0.126. The number of nitrogens with two attached hydrogens (primary N) is 1. The normalized spacial score (nSPS) is 20.6. The lowest BCUT2D eigenvalue weighted by Crippen LogP contribution is -2.68. The lowest BCUT2D eigenvalue weighted by Gasteiger charge is -2.48. The summed E-state index contributed by atoms with van der Waals surface area (Å²) in [6, 6.07) is 18.0. The Bertz CT molecular complexity index is 1060. The Hall–Kier alpha value is -3.36. The summed E-state index contributed by atoms with van der Waals surface area (Å²) in [4.78, 5) is 39.2. The minimum atomic E-state index is -0.866. The van der Waals surface area contributed by atoms with Crippen LogP contribution in [-0.2, 0) is 23.9 Å². The molecule has 4 rings (SSSR count). The molecule has 7 nitrogen and oxygen atoms in total. The van der Waals surface area contributed by atoms with Crippen molar-refractivity contribution in [1.29, 1.82) is 0 Å². The van der Waals surface area contributed by atoms with E-state index in [9.17, 15) is 14.4 Å². The van der Waals surface area contributed by atoms with Gasteiger partial charge in [-0.25, -0.2) is 4.79 Å². The molecule has 3 atom stereocenters. The monoisotopic (exact) mass is 464 g/mol. The zero-order valence-electron chi connectivity index (χ0n) is 18.0. The molecule has 1 fully saturated rings. The fourth-order valence-electron chi connectivity index (χ4n) is 3.93. The highest BCUT2D eigenvalue weighted by molar-refractivity contribution is 8.00. The van der Waals surface area contributed by atoms with Gasteiger partial charge in [0.1, 0.15) is 23.2 Å². The number of benzene rings is 2. The van der Waals surface area contributed by atoms with Gasteiger partial charge in [0, 0.05) is 18.2 Å². The highest BCUT2D eigenvalue weighted by Crippen LogP contribution is 2.42. The summed E-state index contributed by atoms with van der Waals surface area (Å²) in [7, 11) is 0. The molecular formula is C25H24N2O5S. The molecule has 33 heavy (non-hydrogen) atoms. The molecule has 2 aliphatic heterocycles. The number of nitrogens with zero attached hydrogens (tertiary/aromatic N) is 1. The highest BCUT2D eigenvalue weighted by atomic mass is 32.2. The zero-order valence-corrected chi connectivity index (χ0v) is 18.9. The molecule has 0 radical (unpaired) electrons. The maximum absolute atomic E-state index is 13.6. The first kappa shape index (κ1) is 22.8. The van der Waals surface area contributed by atoms with Crippen molar-refractivity contribution in [3.8, 4) is 0 Å². The molecule has 8 heteroatoms. The molecule has 0 saturated carbocycles. The third-order valence-electron chi connectivity index (χ3n) is 5.51. The van der Waals surface area contributed by atoms with Gasteiger partial charge < -0.3 is 15.2 Å². The molecule has 1 saturated heterocycles. The smallest absolute Gasteiger partial charge is 0.356 e. The van der Waals surface area contributed by atoms with Gasteiger partial charge in [0.2, 0.25) is 5.91 Å². The Morgan fingerprint density at radius 3 is 2.18 bits per heavy atom. The van der Waals surface area contributed by atoms with E-state index >= 15 is 0 Å². The van der Waals surface area contributed by atoms with E-state index in [0.717, 1.165) is 11.1 Å². The van der Waals surface area contributed by atoms with E-state index in [1.165, 1.54) is 29.7 Å². The van der Waals surface area contributed by atoms with Crippen LogP contribution in [0, 0.1) is 0 Å². The van der Waals surface area contributed by atoms with Gasteiger partial charge in [-0.15, -0.1) is 11.8 Å². The fourth-order valence-corrected chi connectivity index (χ4v) is 5.27. The molecule has 2 aliphatic rings. The predicted octanol–water partition coefficient (Wildman–Crippen LogP) is 2.93. The number of carbonyl (C=O) groups is 3. The Morgan fingerprint density at radius 1 is 1.09 bits per heavy atom. The van der Waals surface area contributed by atoms with E-state index < -0.39 is 30.2 Å². The van der Waals surface area contributed by atoms with Crippen molar-refractivity contribution >= 4 is 29.6 Å². The van der Waals surface area contributed by atoms with Crippen LogP contribution in [0.1, 0.15) is 24.2 Å². The van der Waals surface area contributed by atoms with Crippen molar-refractivity contribution in [3.05, 3.63) is 95.7 Å². The Balaban J connectivity index is 1.75. The number of carbonyl (C=O) groups excluding carboxylic acids is 3. The zero-order chi connectivity index (χ0) is 23.5. The minimum Gasteiger partial charge on any atom is -0.454 e. The van der Waals surface area contributed by atoms with Crippen molar-refractivity contribution < 1.29 is 23.9 Å². The van der Waals surface area contributed by atoms with Gasteiger partial charge in [-0.2, -0.15) is 0 Å². The summed E-state index contributed by atoms with van der Waals surface area (Å²) >= 11 is 1.41. The lowest BCUT2D eigenvalue weighted by atomic mass is 9.99. The van der Waals surface area contributed by atoms with Crippen LogP contribution in [0.2, 0.25) is 0 Å². The van der Waals surface area contributed by atoms with Crippen molar-refractivity contribution in [1.82, 2.24) is 4.90 Å². The number of amides is 1. The molecule has 170 valence electrons. The molecule has 0 spiro atoms. The Kier molecular flexibility index (Phi) is 6.67. The number of hydrogen-bond donors (Lipinski definition) is 1. The van der Waals surface area contributed by atoms with E-state index in [1.54, 1.807) is 0 Å². The van der Waals surface area contributed by atoms with E-state index in [1.807, 2.05) is 60.7 Å². The van der Waals surface area contributed by atoms with Crippen molar-refractivity contribution in [2.45, 2.75) is 30.5 Å². The van der Waals surface area contributed by atoms with Crippen molar-refractivity contribution in [2.24, 2.45) is 5.73 Å². The summed E-state index contributed by atoms with van der Waals surface area (Å²) < 4.78 is 11.4. The predicted molar refractivity (Wildman–Crippen MR) is 125 cm³/mol. The molecule has 2 heterocycles. The van der Waals surface area contributed by atoms with Crippen LogP contribution in [0.4, 0.5) is 0 Å². The Morgan fingerprint density at radius 2 is 1.67 bits per heavy atom. The second-order valence-electron chi connectivity index (χ2n) is 7.68. The number of β-lactam (4-membered cyclic amide) rings is 1. The van der Waals surface area contributed by atoms with Crippen LogP contribution in [-0.4, -0.2) is 46.0 Å². The van der Waals surface area contributed by atoms with Crippen LogP contribution in [0.25, 0.3) is 0 Å². The third kappa shape index (κ3) is 4.44. The van der Waals surface area contributed by atoms with Crippen molar-refractivity contribution in [3.63, 3.8) is 0 Å². The van der Waals surface area contributed by atoms with Crippen molar-refractivity contribution in [2.75, 3.05) is 5.75 Å². The average Bonchev–Trinajstić information content (AvgIpc) is 2.85. The van der Waals surface area contributed by atoms with Gasteiger partial charge >= 0.3 is 11.9 Å². The first-order valence-corrected chi connectivity index (χ1v) is 11.5. The molecule has 2 N–H and O–H groups in total. The minimum absolute atomic E-state index is 0.0634. The molecule has 2 aromatic rings. The SMILES string of the molecule is C=CC(OC(C)=O)C1=C(C(=O)OC(c2ccccc2)c2ccccc2)N2C(=O)[C@H](N)[C@H]2SC1. The Labute approximate surface area is 196 Å². The summed E-state index contributed by atoms with van der Waals surface area (Å²) in [5.41, 5.74) is 8.05. The first-order chi connectivity index (χ1) is 15.9. The molecular weight excluding hydrogens is 440 g/mol. The van der Waals surface area contributed by atoms with Gasteiger partial charge in [-0.1, -0.05) is 67.2 Å². The van der Waals surface area contributed by atoms with Crippen LogP contribution in [0.3, 0.4) is 0 Å². The van der Waals surface area contributed by atoms with E-state index in [0.29, 0.717) is 11.3 Å². The number of ether oxygens (including phenoxy) is 2. The summed E-state index contributed by atoms with van der Waals surface area (Å²) in [5.74, 6) is -1.24. The van der Waals surface area contributed by atoms with Gasteiger partial charge in [-0.3, -0.25) is 14.5 Å². The quantitative estimate of drug-likeness (QED) is 0.382. The van der Waals surface area contributed by atoms with E-state index in [4.69, 9.17) is 15.2 Å². The molecule has 1 amide bonds. The maximum Gasteiger partial charge on any atom is 0.356 e. The number of thioether (sulfide) groups is 1. The largest absolute Gasteiger partial charge is 0.454 e. The van der Waals surface area contributed by atoms with Gasteiger partial charge in [0.05, 0.1) is 0 Å². The van der Waals surface area contributed by atoms with Crippen LogP contribution < -0.4 is 5.73 Å². The second-order valence-corrected chi connectivity index (χ2v) is 8.79. The maximum atomic E-state index is 13.6. The van der Waals surface area contributed by atoms with E-state index in [-0.39, 0.29) is 17.0 Å². The topological polar surface area (TPSA) is 98.9 Å². The van der Waals surface area contributed by atoms with Crippen LogP contribution >= 0.6 is 11.8 Å². The first-order valence-electron chi connectivity index (χ1n) is 10.5. The summed E-state index contributed by atoms with van der Waals surface area (Å²) in [5, 5.41) is -0.376. The van der Waals surface area contributed by atoms with Crippen LogP contribution in [0.5, 0.6) is 0 Å². The molecule has 0 bridgehead atoms. The van der Waals surface area contributed by atoms with Gasteiger partial charge in [0.15, 0.2) is 6.10 Å². The number of rotatable bonds is 7. The average molecular weight is 465 g/mol. The highest BCUT2D eigenvalue weighted by Gasteiger charge is 2.53. The molecule has 0 aliphatic carbocycles.